The number of carbonyl (C=O) groups excluding carboxylic acids is 1. The number of methoxy groups -OCH3 is 1. The molecular weight excluding hydrogens is 398 g/mol. The minimum atomic E-state index is -3.67. The Hall–Kier alpha value is -1.00. The third kappa shape index (κ3) is 5.75. The molecule has 1 unspecified atom stereocenters. The highest BCUT2D eigenvalue weighted by atomic mass is 35.5. The van der Waals surface area contributed by atoms with Crippen molar-refractivity contribution in [3.63, 3.8) is 0 Å². The van der Waals surface area contributed by atoms with Gasteiger partial charge >= 0.3 is 0 Å². The van der Waals surface area contributed by atoms with E-state index in [0.29, 0.717) is 12.1 Å². The van der Waals surface area contributed by atoms with Crippen LogP contribution in [0.3, 0.4) is 0 Å². The average Bonchev–Trinajstić information content (AvgIpc) is 3.39. The average molecular weight is 422 g/mol. The molecule has 3 N–H and O–H groups in total. The van der Waals surface area contributed by atoms with E-state index in [1.54, 1.807) is 12.1 Å². The van der Waals surface area contributed by atoms with E-state index in [2.05, 4.69) is 15.4 Å². The molecule has 1 saturated heterocycles. The molecule has 0 aromatic heterocycles. The molecule has 0 spiro atoms. The number of carbonyl (C=O) groups is 1. The van der Waals surface area contributed by atoms with Crippen LogP contribution in [0.25, 0.3) is 0 Å². The van der Waals surface area contributed by atoms with Gasteiger partial charge in [-0.05, 0) is 31.0 Å². The van der Waals surface area contributed by atoms with Crippen LogP contribution in [-0.4, -0.2) is 51.6 Å². The lowest BCUT2D eigenvalue weighted by Crippen LogP contribution is -2.39. The molecule has 2 fully saturated rings. The molecule has 10 heteroatoms. The zero-order chi connectivity index (χ0) is 17.9. The summed E-state index contributed by atoms with van der Waals surface area (Å²) in [5, 5.41) is 6.10. The fourth-order valence-corrected chi connectivity index (χ4v) is 5.08. The summed E-state index contributed by atoms with van der Waals surface area (Å²) in [5.41, 5.74) is 0.449. The van der Waals surface area contributed by atoms with Gasteiger partial charge in [-0.2, -0.15) is 11.8 Å². The van der Waals surface area contributed by atoms with Crippen molar-refractivity contribution in [2.45, 2.75) is 36.2 Å². The molecule has 1 heterocycles. The van der Waals surface area contributed by atoms with E-state index >= 15 is 0 Å². The van der Waals surface area contributed by atoms with Gasteiger partial charge in [0.05, 0.1) is 7.11 Å². The molecule has 1 aliphatic carbocycles. The van der Waals surface area contributed by atoms with E-state index in [1.165, 1.54) is 13.2 Å². The Morgan fingerprint density at radius 1 is 1.38 bits per heavy atom. The molecule has 3 rings (SSSR count). The van der Waals surface area contributed by atoms with Gasteiger partial charge in [-0.3, -0.25) is 4.79 Å². The number of anilines is 1. The van der Waals surface area contributed by atoms with Gasteiger partial charge in [0, 0.05) is 42.2 Å². The third-order valence-corrected chi connectivity index (χ3v) is 6.74. The van der Waals surface area contributed by atoms with Crippen LogP contribution in [0.5, 0.6) is 5.75 Å². The maximum absolute atomic E-state index is 12.5. The summed E-state index contributed by atoms with van der Waals surface area (Å²) < 4.78 is 32.8. The lowest BCUT2D eigenvalue weighted by molar-refractivity contribution is -0.116. The number of nitrogens with one attached hydrogen (secondary N) is 3. The molecule has 26 heavy (non-hydrogen) atoms. The van der Waals surface area contributed by atoms with Crippen molar-refractivity contribution in [1.29, 1.82) is 0 Å². The van der Waals surface area contributed by atoms with Gasteiger partial charge in [0.25, 0.3) is 0 Å². The summed E-state index contributed by atoms with van der Waals surface area (Å²) in [6.07, 6.45) is 2.07. The number of amides is 1. The normalized spacial score (nSPS) is 20.1. The second-order valence-corrected chi connectivity index (χ2v) is 9.07. The van der Waals surface area contributed by atoms with Crippen molar-refractivity contribution in [2.75, 3.05) is 30.5 Å². The topological polar surface area (TPSA) is 96.5 Å². The number of hydrogen-bond donors (Lipinski definition) is 3. The summed E-state index contributed by atoms with van der Waals surface area (Å²) >= 11 is 1.83. The Balaban J connectivity index is 0.00000243. The van der Waals surface area contributed by atoms with Crippen molar-refractivity contribution in [1.82, 2.24) is 10.0 Å². The molecule has 1 aromatic carbocycles. The Morgan fingerprint density at radius 2 is 2.15 bits per heavy atom. The first-order valence-electron chi connectivity index (χ1n) is 8.29. The molecule has 1 amide bonds. The molecule has 1 saturated carbocycles. The van der Waals surface area contributed by atoms with Crippen LogP contribution in [0.1, 0.15) is 19.3 Å². The predicted octanol–water partition coefficient (Wildman–Crippen LogP) is 1.59. The monoisotopic (exact) mass is 421 g/mol. The summed E-state index contributed by atoms with van der Waals surface area (Å²) in [6.45, 7) is 0.903. The van der Waals surface area contributed by atoms with E-state index in [-0.39, 0.29) is 41.0 Å². The van der Waals surface area contributed by atoms with E-state index in [9.17, 15) is 13.2 Å². The van der Waals surface area contributed by atoms with Crippen LogP contribution in [0, 0.1) is 0 Å². The molecule has 0 bridgehead atoms. The van der Waals surface area contributed by atoms with Crippen molar-refractivity contribution in [2.24, 2.45) is 0 Å². The number of ether oxygens (including phenoxy) is 1. The number of thioether (sulfide) groups is 1. The molecule has 0 radical (unpaired) electrons. The lowest BCUT2D eigenvalue weighted by atomic mass is 10.2. The SMILES string of the molecule is COc1ccc(NC(=O)CC2CSCCN2)cc1S(=O)(=O)NC1CC1.Cl. The predicted molar refractivity (Wildman–Crippen MR) is 106 cm³/mol. The van der Waals surface area contributed by atoms with Gasteiger partial charge in [-0.15, -0.1) is 12.4 Å². The maximum atomic E-state index is 12.5. The van der Waals surface area contributed by atoms with E-state index in [4.69, 9.17) is 4.74 Å². The fourth-order valence-electron chi connectivity index (χ4n) is 2.64. The van der Waals surface area contributed by atoms with Gasteiger partial charge in [0.2, 0.25) is 15.9 Å². The minimum absolute atomic E-state index is 0. The molecule has 7 nitrogen and oxygen atoms in total. The maximum Gasteiger partial charge on any atom is 0.244 e. The van der Waals surface area contributed by atoms with Gasteiger partial charge in [-0.1, -0.05) is 0 Å². The molecular formula is C16H24ClN3O4S2. The number of benzene rings is 1. The smallest absolute Gasteiger partial charge is 0.244 e. The van der Waals surface area contributed by atoms with Gasteiger partial charge in [0.15, 0.2) is 0 Å². The summed E-state index contributed by atoms with van der Waals surface area (Å²) in [4.78, 5) is 12.3. The Bertz CT molecular complexity index is 735. The fraction of sp³-hybridized carbons (Fsp3) is 0.562. The summed E-state index contributed by atoms with van der Waals surface area (Å²) in [7, 11) is -2.24. The summed E-state index contributed by atoms with van der Waals surface area (Å²) in [6, 6.07) is 4.81. The molecule has 2 aliphatic rings. The molecule has 1 aromatic rings. The third-order valence-electron chi connectivity index (χ3n) is 4.07. The van der Waals surface area contributed by atoms with Gasteiger partial charge < -0.3 is 15.4 Å². The van der Waals surface area contributed by atoms with Gasteiger partial charge in [-0.25, -0.2) is 13.1 Å². The van der Waals surface area contributed by atoms with Crippen molar-refractivity contribution < 1.29 is 17.9 Å². The zero-order valence-corrected chi connectivity index (χ0v) is 16.9. The van der Waals surface area contributed by atoms with Crippen LogP contribution < -0.4 is 20.1 Å². The highest BCUT2D eigenvalue weighted by Gasteiger charge is 2.30. The first-order chi connectivity index (χ1) is 12.0. The van der Waals surface area contributed by atoms with E-state index in [0.717, 1.165) is 30.9 Å². The largest absolute Gasteiger partial charge is 0.495 e. The molecule has 146 valence electrons. The standard InChI is InChI=1S/C16H23N3O4S2.ClH/c1-23-14-5-4-12(8-15(14)25(21,22)19-11-2-3-11)18-16(20)9-13-10-24-7-6-17-13;/h4-5,8,11,13,17,19H,2-3,6-7,9-10H2,1H3,(H,18,20);1H. The minimum Gasteiger partial charge on any atom is -0.495 e. The first kappa shape index (κ1) is 21.3. The van der Waals surface area contributed by atoms with Crippen LogP contribution >= 0.6 is 24.2 Å². The van der Waals surface area contributed by atoms with E-state index in [1.807, 2.05) is 11.8 Å². The number of sulfonamides is 1. The van der Waals surface area contributed by atoms with Crippen LogP contribution in [0.2, 0.25) is 0 Å². The first-order valence-corrected chi connectivity index (χ1v) is 10.9. The summed E-state index contributed by atoms with van der Waals surface area (Å²) in [5.74, 6) is 2.09. The molecule has 1 atom stereocenters. The van der Waals surface area contributed by atoms with Crippen LogP contribution in [0.15, 0.2) is 23.1 Å². The number of halogens is 1. The Labute approximate surface area is 164 Å². The van der Waals surface area contributed by atoms with Crippen LogP contribution in [-0.2, 0) is 14.8 Å². The van der Waals surface area contributed by atoms with Crippen LogP contribution in [0.4, 0.5) is 5.69 Å². The number of hydrogen-bond acceptors (Lipinski definition) is 6. The molecule has 1 aliphatic heterocycles. The second-order valence-electron chi connectivity index (χ2n) is 6.24. The second kappa shape index (κ2) is 9.27. The van der Waals surface area contributed by atoms with Gasteiger partial charge in [0.1, 0.15) is 10.6 Å². The number of rotatable bonds is 7. The Kier molecular flexibility index (Phi) is 7.60. The lowest BCUT2D eigenvalue weighted by Gasteiger charge is -2.22. The van der Waals surface area contributed by atoms with Crippen molar-refractivity contribution in [3.05, 3.63) is 18.2 Å². The Morgan fingerprint density at radius 3 is 2.77 bits per heavy atom. The zero-order valence-electron chi connectivity index (χ0n) is 14.5. The highest BCUT2D eigenvalue weighted by molar-refractivity contribution is 7.99. The van der Waals surface area contributed by atoms with Crippen molar-refractivity contribution >= 4 is 45.8 Å². The van der Waals surface area contributed by atoms with E-state index < -0.39 is 10.0 Å². The van der Waals surface area contributed by atoms with Crippen molar-refractivity contribution in [3.8, 4) is 5.75 Å². The quantitative estimate of drug-likeness (QED) is 0.618. The highest BCUT2D eigenvalue weighted by Crippen LogP contribution is 2.29.